The second-order valence-corrected chi connectivity index (χ2v) is 16.1. The first-order chi connectivity index (χ1) is 22.9. The number of benzene rings is 2. The highest BCUT2D eigenvalue weighted by atomic mass is 32.2. The molecule has 2 aliphatic heterocycles. The second kappa shape index (κ2) is 15.0. The van der Waals surface area contributed by atoms with E-state index in [0.29, 0.717) is 26.1 Å². The average Bonchev–Trinajstić information content (AvgIpc) is 3.37. The Morgan fingerprint density at radius 2 is 1.43 bits per heavy atom. The van der Waals surface area contributed by atoms with E-state index in [2.05, 4.69) is 14.8 Å². The molecule has 0 radical (unpaired) electrons. The quantitative estimate of drug-likeness (QED) is 0.0859. The molecule has 2 aliphatic rings. The van der Waals surface area contributed by atoms with Gasteiger partial charge in [0.05, 0.1) is 15.2 Å². The normalized spacial score (nSPS) is 18.0. The number of carbonyl (C=O) groups excluding carboxylic acids is 1. The van der Waals surface area contributed by atoms with Crippen molar-refractivity contribution in [2.24, 2.45) is 0 Å². The Bertz CT molecular complexity index is 1970. The van der Waals surface area contributed by atoms with E-state index in [0.717, 1.165) is 53.2 Å². The Morgan fingerprint density at radius 1 is 0.816 bits per heavy atom. The van der Waals surface area contributed by atoms with Crippen LogP contribution < -0.4 is 10.2 Å². The summed E-state index contributed by atoms with van der Waals surface area (Å²) in [5.41, 5.74) is 4.40. The van der Waals surface area contributed by atoms with Crippen LogP contribution in [0.4, 0.5) is 11.4 Å². The minimum Gasteiger partial charge on any atom is -0.356 e. The molecule has 0 atom stereocenters. The third-order valence-corrected chi connectivity index (χ3v) is 11.0. The van der Waals surface area contributed by atoms with Gasteiger partial charge in [0.25, 0.3) is 20.2 Å². The van der Waals surface area contributed by atoms with Crippen LogP contribution in [0.15, 0.2) is 94.4 Å². The van der Waals surface area contributed by atoms with Gasteiger partial charge in [0.15, 0.2) is 5.71 Å². The third kappa shape index (κ3) is 8.31. The van der Waals surface area contributed by atoms with Crippen LogP contribution in [0.25, 0.3) is 0 Å². The zero-order chi connectivity index (χ0) is 36.2. The number of rotatable bonds is 14. The van der Waals surface area contributed by atoms with Crippen molar-refractivity contribution in [3.63, 3.8) is 0 Å². The van der Waals surface area contributed by atoms with Gasteiger partial charge in [-0.3, -0.25) is 13.9 Å². The summed E-state index contributed by atoms with van der Waals surface area (Å²) in [5.74, 6) is 0.0501. The van der Waals surface area contributed by atoms with Crippen LogP contribution in [0.3, 0.4) is 0 Å². The summed E-state index contributed by atoms with van der Waals surface area (Å²) in [5, 5.41) is 2.82. The van der Waals surface area contributed by atoms with Crippen LogP contribution in [0.5, 0.6) is 0 Å². The van der Waals surface area contributed by atoms with E-state index in [4.69, 9.17) is 0 Å². The molecule has 0 spiro atoms. The van der Waals surface area contributed by atoms with Gasteiger partial charge in [-0.15, -0.1) is 0 Å². The summed E-state index contributed by atoms with van der Waals surface area (Å²) in [6.07, 6.45) is 16.6. The van der Waals surface area contributed by atoms with E-state index in [1.54, 1.807) is 24.3 Å². The Labute approximate surface area is 291 Å². The average molecular weight is 711 g/mol. The van der Waals surface area contributed by atoms with Crippen molar-refractivity contribution in [2.45, 2.75) is 87.8 Å². The molecule has 3 N–H and O–H groups in total. The number of likely N-dealkylation sites (N-methyl/N-ethyl adjacent to an activating group) is 1. The molecule has 0 aromatic heterocycles. The van der Waals surface area contributed by atoms with Gasteiger partial charge in [-0.2, -0.15) is 21.4 Å². The van der Waals surface area contributed by atoms with Gasteiger partial charge in [-0.05, 0) is 82.5 Å². The first-order valence-electron chi connectivity index (χ1n) is 16.6. The monoisotopic (exact) mass is 710 g/mol. The molecule has 2 heterocycles. The highest BCUT2D eigenvalue weighted by Gasteiger charge is 2.45. The molecule has 0 saturated heterocycles. The second-order valence-electron chi connectivity index (χ2n) is 13.3. The molecular weight excluding hydrogens is 663 g/mol. The van der Waals surface area contributed by atoms with Crippen molar-refractivity contribution in [3.05, 3.63) is 95.8 Å². The minimum absolute atomic E-state index is 0.0501. The minimum atomic E-state index is -4.36. The molecule has 12 heteroatoms. The summed E-state index contributed by atoms with van der Waals surface area (Å²) in [6, 6.07) is 9.42. The maximum Gasteiger partial charge on any atom is 0.294 e. The largest absolute Gasteiger partial charge is 0.356 e. The van der Waals surface area contributed by atoms with Gasteiger partial charge < -0.3 is 10.2 Å². The van der Waals surface area contributed by atoms with Gasteiger partial charge in [-0.1, -0.05) is 44.2 Å². The number of nitrogens with zero attached hydrogens (tertiary/aromatic N) is 2. The van der Waals surface area contributed by atoms with Gasteiger partial charge >= 0.3 is 0 Å². The molecule has 0 saturated carbocycles. The first kappa shape index (κ1) is 38.0. The van der Waals surface area contributed by atoms with E-state index in [1.165, 1.54) is 12.1 Å². The van der Waals surface area contributed by atoms with Crippen molar-refractivity contribution >= 4 is 43.2 Å². The van der Waals surface area contributed by atoms with Crippen LogP contribution in [0, 0.1) is 0 Å². The van der Waals surface area contributed by atoms with Crippen molar-refractivity contribution in [2.75, 3.05) is 24.5 Å². The number of nitrogens with one attached hydrogen (secondary N) is 1. The lowest BCUT2D eigenvalue weighted by atomic mass is 9.81. The Kier molecular flexibility index (Phi) is 11.6. The fourth-order valence-corrected chi connectivity index (χ4v) is 7.73. The summed E-state index contributed by atoms with van der Waals surface area (Å²) < 4.78 is 68.9. The van der Waals surface area contributed by atoms with E-state index < -0.39 is 31.1 Å². The zero-order valence-electron chi connectivity index (χ0n) is 29.1. The van der Waals surface area contributed by atoms with E-state index in [-0.39, 0.29) is 15.7 Å². The molecule has 49 heavy (non-hydrogen) atoms. The van der Waals surface area contributed by atoms with Gasteiger partial charge in [0.2, 0.25) is 11.6 Å². The first-order valence-corrected chi connectivity index (χ1v) is 19.5. The number of anilines is 1. The summed E-state index contributed by atoms with van der Waals surface area (Å²) >= 11 is 0. The predicted molar refractivity (Wildman–Crippen MR) is 194 cm³/mol. The number of amides is 1. The summed E-state index contributed by atoms with van der Waals surface area (Å²) in [7, 11) is -8.68. The predicted octanol–water partition coefficient (Wildman–Crippen LogP) is 6.62. The lowest BCUT2D eigenvalue weighted by Crippen LogP contribution is -2.28. The Hall–Kier alpha value is -3.84. The lowest BCUT2D eigenvalue weighted by molar-refractivity contribution is -0.438. The van der Waals surface area contributed by atoms with Crippen molar-refractivity contribution < 1.29 is 35.3 Å². The highest BCUT2D eigenvalue weighted by Crippen LogP contribution is 2.48. The summed E-state index contributed by atoms with van der Waals surface area (Å²) in [6.45, 7) is 14.0. The molecule has 4 rings (SSSR count). The number of hydrogen-bond acceptors (Lipinski definition) is 6. The molecule has 2 aromatic rings. The van der Waals surface area contributed by atoms with Crippen molar-refractivity contribution in [1.29, 1.82) is 0 Å². The maximum absolute atomic E-state index is 11.9. The molecular formula is C37H48N3O7S2+. The number of fused-ring (bicyclic) bond motifs is 2. The molecule has 2 aromatic carbocycles. The SMILES string of the molecule is CCNC(=O)CCCCC[N+]1=C(C=CC=CC=CC=C2N(CC)c3ccc(S(=O)(=O)O)cc3C2(C)C)C(C)(C)c2cc(S(=O)(=O)O)ccc21. The molecule has 10 nitrogen and oxygen atoms in total. The van der Waals surface area contributed by atoms with Crippen LogP contribution in [-0.4, -0.2) is 61.8 Å². The fraction of sp³-hybridized carbons (Fsp3) is 0.405. The fourth-order valence-electron chi connectivity index (χ4n) is 6.72. The molecule has 0 unspecified atom stereocenters. The summed E-state index contributed by atoms with van der Waals surface area (Å²) in [4.78, 5) is 13.7. The highest BCUT2D eigenvalue weighted by molar-refractivity contribution is 7.86. The molecule has 264 valence electrons. The van der Waals surface area contributed by atoms with Gasteiger partial charge in [0, 0.05) is 60.4 Å². The Balaban J connectivity index is 1.54. The smallest absolute Gasteiger partial charge is 0.294 e. The zero-order valence-corrected chi connectivity index (χ0v) is 30.7. The maximum atomic E-state index is 11.9. The number of allylic oxidation sites excluding steroid dienone is 8. The number of carbonyl (C=O) groups is 1. The van der Waals surface area contributed by atoms with Gasteiger partial charge in [-0.25, -0.2) is 0 Å². The van der Waals surface area contributed by atoms with E-state index >= 15 is 0 Å². The van der Waals surface area contributed by atoms with E-state index in [9.17, 15) is 30.7 Å². The van der Waals surface area contributed by atoms with Crippen LogP contribution in [0.1, 0.15) is 78.4 Å². The lowest BCUT2D eigenvalue weighted by Gasteiger charge is -2.25. The molecule has 0 fully saturated rings. The van der Waals surface area contributed by atoms with E-state index in [1.807, 2.05) is 84.1 Å². The van der Waals surface area contributed by atoms with Crippen molar-refractivity contribution in [3.8, 4) is 0 Å². The van der Waals surface area contributed by atoms with Crippen LogP contribution in [0.2, 0.25) is 0 Å². The molecule has 0 bridgehead atoms. The molecule has 0 aliphatic carbocycles. The van der Waals surface area contributed by atoms with Crippen molar-refractivity contribution in [1.82, 2.24) is 5.32 Å². The standard InChI is InChI=1S/C37H47N3O7S2/c1-7-38-35(41)19-15-12-16-24-40-32-23-21-28(49(45,46)47)26-30(32)37(5,6)34(40)18-14-11-9-10-13-17-33-36(3,4)29-25-27(48(42,43)44)20-22-31(29)39(33)8-2/h9-11,13-14,17-18,20-23,25-26H,7-8,12,15-16,19,24H2,1-6H3,(H2-,38,41,42,43,44,45,46,47)/p+1. The molecule has 1 amide bonds. The Morgan fingerprint density at radius 3 is 2.06 bits per heavy atom. The number of unbranched alkanes of at least 4 members (excludes halogenated alkanes) is 2. The van der Waals surface area contributed by atoms with Gasteiger partial charge in [0.1, 0.15) is 6.54 Å². The van der Waals surface area contributed by atoms with Crippen LogP contribution >= 0.6 is 0 Å². The topological polar surface area (TPSA) is 144 Å². The van der Waals surface area contributed by atoms with Crippen LogP contribution in [-0.2, 0) is 35.9 Å². The third-order valence-electron chi connectivity index (χ3n) is 9.25. The number of hydrogen-bond donors (Lipinski definition) is 3.